The van der Waals surface area contributed by atoms with Crippen LogP contribution in [-0.4, -0.2) is 50.2 Å². The molecule has 18 heavy (non-hydrogen) atoms. The highest BCUT2D eigenvalue weighted by atomic mass is 16.5. The Hall–Kier alpha value is -0.610. The van der Waals surface area contributed by atoms with Crippen molar-refractivity contribution in [2.24, 2.45) is 11.8 Å². The quantitative estimate of drug-likeness (QED) is 0.662. The highest BCUT2D eigenvalue weighted by molar-refractivity contribution is 5.75. The maximum atomic E-state index is 11.7. The molecule has 0 heterocycles. The van der Waals surface area contributed by atoms with E-state index in [-0.39, 0.29) is 12.0 Å². The number of nitrogens with zero attached hydrogens (tertiary/aromatic N) is 1. The molecule has 4 nitrogen and oxygen atoms in total. The first-order valence-electron chi connectivity index (χ1n) is 7.12. The SMILES string of the molecule is COC(=O)C(CCN(C)CC1CC1C)NC1CC1. The van der Waals surface area contributed by atoms with E-state index in [4.69, 9.17) is 4.74 Å². The molecule has 2 fully saturated rings. The lowest BCUT2D eigenvalue weighted by Crippen LogP contribution is -2.41. The van der Waals surface area contributed by atoms with Crippen LogP contribution in [0.25, 0.3) is 0 Å². The molecule has 0 saturated heterocycles. The number of carbonyl (C=O) groups is 1. The molecule has 0 aromatic heterocycles. The van der Waals surface area contributed by atoms with Gasteiger partial charge in [-0.3, -0.25) is 4.79 Å². The average Bonchev–Trinajstić information content (AvgIpc) is 3.24. The first-order chi connectivity index (χ1) is 8.60. The van der Waals surface area contributed by atoms with Crippen LogP contribution in [0.15, 0.2) is 0 Å². The number of rotatable bonds is 8. The number of carbonyl (C=O) groups excluding carboxylic acids is 1. The summed E-state index contributed by atoms with van der Waals surface area (Å²) in [7, 11) is 3.62. The number of esters is 1. The molecule has 0 aromatic rings. The van der Waals surface area contributed by atoms with Gasteiger partial charge in [0.15, 0.2) is 0 Å². The molecule has 2 saturated carbocycles. The number of hydrogen-bond acceptors (Lipinski definition) is 4. The van der Waals surface area contributed by atoms with Gasteiger partial charge in [0, 0.05) is 12.6 Å². The van der Waals surface area contributed by atoms with E-state index < -0.39 is 0 Å². The second-order valence-electron chi connectivity index (χ2n) is 6.04. The van der Waals surface area contributed by atoms with Crippen LogP contribution >= 0.6 is 0 Å². The lowest BCUT2D eigenvalue weighted by atomic mass is 10.2. The van der Waals surface area contributed by atoms with Crippen molar-refractivity contribution in [3.8, 4) is 0 Å². The third-order valence-electron chi connectivity index (χ3n) is 4.12. The Balaban J connectivity index is 1.68. The van der Waals surface area contributed by atoms with Gasteiger partial charge < -0.3 is 15.0 Å². The van der Waals surface area contributed by atoms with Crippen LogP contribution in [0.1, 0.15) is 32.6 Å². The molecule has 0 aliphatic heterocycles. The van der Waals surface area contributed by atoms with E-state index in [1.165, 1.54) is 32.9 Å². The van der Waals surface area contributed by atoms with E-state index in [0.717, 1.165) is 24.8 Å². The lowest BCUT2D eigenvalue weighted by molar-refractivity contribution is -0.143. The topological polar surface area (TPSA) is 41.6 Å². The van der Waals surface area contributed by atoms with Crippen molar-refractivity contribution in [1.82, 2.24) is 10.2 Å². The molecule has 0 amide bonds. The van der Waals surface area contributed by atoms with Gasteiger partial charge in [-0.15, -0.1) is 0 Å². The zero-order chi connectivity index (χ0) is 13.1. The third-order valence-corrected chi connectivity index (χ3v) is 4.12. The third kappa shape index (κ3) is 4.25. The Kier molecular flexibility index (Phi) is 4.62. The van der Waals surface area contributed by atoms with Crippen LogP contribution in [-0.2, 0) is 9.53 Å². The molecule has 104 valence electrons. The number of nitrogens with one attached hydrogen (secondary N) is 1. The van der Waals surface area contributed by atoms with E-state index in [1.807, 2.05) is 0 Å². The second-order valence-corrected chi connectivity index (χ2v) is 6.04. The van der Waals surface area contributed by atoms with Gasteiger partial charge in [0.1, 0.15) is 6.04 Å². The highest BCUT2D eigenvalue weighted by Crippen LogP contribution is 2.37. The zero-order valence-corrected chi connectivity index (χ0v) is 11.8. The van der Waals surface area contributed by atoms with Crippen molar-refractivity contribution in [3.63, 3.8) is 0 Å². The minimum absolute atomic E-state index is 0.116. The highest BCUT2D eigenvalue weighted by Gasteiger charge is 2.33. The van der Waals surface area contributed by atoms with Crippen molar-refractivity contribution < 1.29 is 9.53 Å². The van der Waals surface area contributed by atoms with Crippen LogP contribution in [0.2, 0.25) is 0 Å². The summed E-state index contributed by atoms with van der Waals surface area (Å²) >= 11 is 0. The van der Waals surface area contributed by atoms with E-state index in [1.54, 1.807) is 0 Å². The molecule has 4 heteroatoms. The van der Waals surface area contributed by atoms with Gasteiger partial charge in [-0.05, 0) is 51.1 Å². The van der Waals surface area contributed by atoms with Crippen LogP contribution in [0.4, 0.5) is 0 Å². The van der Waals surface area contributed by atoms with Crippen LogP contribution < -0.4 is 5.32 Å². The van der Waals surface area contributed by atoms with Crippen molar-refractivity contribution >= 4 is 5.97 Å². The van der Waals surface area contributed by atoms with Gasteiger partial charge in [0.05, 0.1) is 7.11 Å². The smallest absolute Gasteiger partial charge is 0.322 e. The largest absolute Gasteiger partial charge is 0.468 e. The molecule has 2 aliphatic rings. The summed E-state index contributed by atoms with van der Waals surface area (Å²) in [5.41, 5.74) is 0. The summed E-state index contributed by atoms with van der Waals surface area (Å²) in [6.07, 6.45) is 4.61. The Morgan fingerprint density at radius 3 is 2.67 bits per heavy atom. The predicted octanol–water partition coefficient (Wildman–Crippen LogP) is 1.26. The molecular weight excluding hydrogens is 228 g/mol. The van der Waals surface area contributed by atoms with E-state index in [2.05, 4.69) is 24.2 Å². The molecule has 2 aliphatic carbocycles. The molecular formula is C14H26N2O2. The minimum Gasteiger partial charge on any atom is -0.468 e. The normalized spacial score (nSPS) is 28.2. The summed E-state index contributed by atoms with van der Waals surface area (Å²) in [5, 5.41) is 3.37. The molecule has 3 atom stereocenters. The fourth-order valence-electron chi connectivity index (χ4n) is 2.44. The van der Waals surface area contributed by atoms with Crippen LogP contribution in [0.5, 0.6) is 0 Å². The summed E-state index contributed by atoms with van der Waals surface area (Å²) in [6.45, 7) is 4.44. The van der Waals surface area contributed by atoms with Crippen molar-refractivity contribution in [2.45, 2.75) is 44.7 Å². The standard InChI is InChI=1S/C14H26N2O2/c1-10-8-11(10)9-16(2)7-6-13(14(17)18-3)15-12-4-5-12/h10-13,15H,4-9H2,1-3H3. The van der Waals surface area contributed by atoms with Gasteiger partial charge in [0.2, 0.25) is 0 Å². The first kappa shape index (κ1) is 13.8. The molecule has 0 bridgehead atoms. The first-order valence-corrected chi connectivity index (χ1v) is 7.12. The van der Waals surface area contributed by atoms with Gasteiger partial charge >= 0.3 is 5.97 Å². The van der Waals surface area contributed by atoms with Crippen molar-refractivity contribution in [1.29, 1.82) is 0 Å². The fourth-order valence-corrected chi connectivity index (χ4v) is 2.44. The molecule has 1 N–H and O–H groups in total. The van der Waals surface area contributed by atoms with Gasteiger partial charge in [0.25, 0.3) is 0 Å². The molecule has 0 spiro atoms. The van der Waals surface area contributed by atoms with E-state index in [0.29, 0.717) is 6.04 Å². The molecule has 2 rings (SSSR count). The molecule has 0 radical (unpaired) electrons. The van der Waals surface area contributed by atoms with E-state index >= 15 is 0 Å². The predicted molar refractivity (Wildman–Crippen MR) is 71.3 cm³/mol. The van der Waals surface area contributed by atoms with Crippen LogP contribution in [0, 0.1) is 11.8 Å². The van der Waals surface area contributed by atoms with Crippen molar-refractivity contribution in [2.75, 3.05) is 27.2 Å². The number of ether oxygens (including phenoxy) is 1. The lowest BCUT2D eigenvalue weighted by Gasteiger charge is -2.21. The van der Waals surface area contributed by atoms with Gasteiger partial charge in [-0.25, -0.2) is 0 Å². The monoisotopic (exact) mass is 254 g/mol. The summed E-state index contributed by atoms with van der Waals surface area (Å²) < 4.78 is 4.86. The second kappa shape index (κ2) is 6.02. The Labute approximate surface area is 110 Å². The number of hydrogen-bond donors (Lipinski definition) is 1. The Bertz CT molecular complexity index is 292. The van der Waals surface area contributed by atoms with Gasteiger partial charge in [-0.2, -0.15) is 0 Å². The Morgan fingerprint density at radius 2 is 2.17 bits per heavy atom. The average molecular weight is 254 g/mol. The van der Waals surface area contributed by atoms with Crippen molar-refractivity contribution in [3.05, 3.63) is 0 Å². The molecule has 0 aromatic carbocycles. The minimum atomic E-state index is -0.124. The summed E-state index contributed by atoms with van der Waals surface area (Å²) in [6, 6.07) is 0.421. The van der Waals surface area contributed by atoms with E-state index in [9.17, 15) is 4.79 Å². The number of methoxy groups -OCH3 is 1. The Morgan fingerprint density at radius 1 is 1.50 bits per heavy atom. The molecule has 3 unspecified atom stereocenters. The van der Waals surface area contributed by atoms with Crippen LogP contribution in [0.3, 0.4) is 0 Å². The maximum Gasteiger partial charge on any atom is 0.322 e. The zero-order valence-electron chi connectivity index (χ0n) is 11.8. The summed E-state index contributed by atoms with van der Waals surface area (Å²) in [5.74, 6) is 1.66. The fraction of sp³-hybridized carbons (Fsp3) is 0.929. The maximum absolute atomic E-state index is 11.7. The van der Waals surface area contributed by atoms with Gasteiger partial charge in [-0.1, -0.05) is 6.92 Å². The summed E-state index contributed by atoms with van der Waals surface area (Å²) in [4.78, 5) is 14.0.